The van der Waals surface area contributed by atoms with Crippen molar-refractivity contribution in [3.8, 4) is 5.75 Å². The summed E-state index contributed by atoms with van der Waals surface area (Å²) in [6, 6.07) is 4.38. The number of carbonyl (C=O) groups excluding carboxylic acids is 1. The topological polar surface area (TPSA) is 49.3 Å². The number of phenols is 1. The van der Waals surface area contributed by atoms with Gasteiger partial charge in [-0.2, -0.15) is 0 Å². The monoisotopic (exact) mass is 283 g/mol. The minimum absolute atomic E-state index is 0.0501. The number of hydrogen-bond donors (Lipinski definition) is 2. The molecule has 2 N–H and O–H groups in total. The van der Waals surface area contributed by atoms with Crippen LogP contribution in [0.1, 0.15) is 55.8 Å². The van der Waals surface area contributed by atoms with Gasteiger partial charge in [-0.3, -0.25) is 4.79 Å². The number of rotatable bonds is 8. The van der Waals surface area contributed by atoms with E-state index in [1.165, 1.54) is 43.9 Å². The zero-order valence-corrected chi connectivity index (χ0v) is 12.2. The first-order valence-corrected chi connectivity index (χ1v) is 7.29. The lowest BCUT2D eigenvalue weighted by Crippen LogP contribution is -2.24. The normalized spacial score (nSPS) is 10.4. The minimum atomic E-state index is -0.227. The summed E-state index contributed by atoms with van der Waals surface area (Å²) < 4.78 is 0. The Labute approximate surface area is 120 Å². The number of nitrogens with one attached hydrogen (secondary N) is 1. The van der Waals surface area contributed by atoms with E-state index in [1.807, 2.05) is 0 Å². The van der Waals surface area contributed by atoms with Crippen LogP contribution < -0.4 is 5.32 Å². The fraction of sp³-hybridized carbons (Fsp3) is 0.533. The van der Waals surface area contributed by atoms with Gasteiger partial charge in [-0.15, -0.1) is 0 Å². The van der Waals surface area contributed by atoms with E-state index in [4.69, 9.17) is 11.6 Å². The van der Waals surface area contributed by atoms with E-state index in [-0.39, 0.29) is 11.7 Å². The van der Waals surface area contributed by atoms with Crippen molar-refractivity contribution >= 4 is 17.5 Å². The molecule has 1 amide bonds. The van der Waals surface area contributed by atoms with Gasteiger partial charge < -0.3 is 10.4 Å². The predicted octanol–water partition coefficient (Wildman–Crippen LogP) is 4.14. The van der Waals surface area contributed by atoms with Gasteiger partial charge in [0.2, 0.25) is 0 Å². The Morgan fingerprint density at radius 1 is 1.21 bits per heavy atom. The molecular formula is C15H22ClNO2. The van der Waals surface area contributed by atoms with Crippen molar-refractivity contribution in [3.63, 3.8) is 0 Å². The van der Waals surface area contributed by atoms with E-state index in [0.29, 0.717) is 17.1 Å². The van der Waals surface area contributed by atoms with Crippen molar-refractivity contribution in [3.05, 3.63) is 28.8 Å². The predicted molar refractivity (Wildman–Crippen MR) is 78.8 cm³/mol. The molecule has 0 radical (unpaired) electrons. The lowest BCUT2D eigenvalue weighted by atomic mass is 10.1. The van der Waals surface area contributed by atoms with Crippen LogP contribution in [0.2, 0.25) is 5.02 Å². The molecule has 0 unspecified atom stereocenters. The lowest BCUT2D eigenvalue weighted by molar-refractivity contribution is 0.0952. The fourth-order valence-corrected chi connectivity index (χ4v) is 2.09. The molecule has 0 aliphatic heterocycles. The molecule has 0 aliphatic carbocycles. The molecule has 1 rings (SSSR count). The van der Waals surface area contributed by atoms with Gasteiger partial charge in [0.1, 0.15) is 5.75 Å². The van der Waals surface area contributed by atoms with E-state index in [9.17, 15) is 9.90 Å². The van der Waals surface area contributed by atoms with Crippen LogP contribution in [0.5, 0.6) is 5.75 Å². The second kappa shape index (κ2) is 8.81. The molecule has 0 bridgehead atoms. The Hall–Kier alpha value is -1.22. The summed E-state index contributed by atoms with van der Waals surface area (Å²) in [6.45, 7) is 2.84. The highest BCUT2D eigenvalue weighted by Crippen LogP contribution is 2.20. The molecule has 0 aliphatic rings. The summed E-state index contributed by atoms with van der Waals surface area (Å²) in [5.41, 5.74) is 0.327. The molecule has 0 heterocycles. The van der Waals surface area contributed by atoms with Crippen molar-refractivity contribution < 1.29 is 9.90 Å². The molecule has 4 heteroatoms. The van der Waals surface area contributed by atoms with Crippen molar-refractivity contribution in [2.24, 2.45) is 0 Å². The van der Waals surface area contributed by atoms with E-state index in [2.05, 4.69) is 12.2 Å². The third-order valence-electron chi connectivity index (χ3n) is 3.01. The van der Waals surface area contributed by atoms with E-state index in [1.54, 1.807) is 0 Å². The van der Waals surface area contributed by atoms with Gasteiger partial charge >= 0.3 is 0 Å². The lowest BCUT2D eigenvalue weighted by Gasteiger charge is -2.07. The highest BCUT2D eigenvalue weighted by Gasteiger charge is 2.10. The summed E-state index contributed by atoms with van der Waals surface area (Å²) >= 11 is 5.92. The van der Waals surface area contributed by atoms with E-state index < -0.39 is 0 Å². The maximum Gasteiger partial charge on any atom is 0.252 e. The number of phenolic OH excluding ortho intramolecular Hbond substituents is 1. The maximum absolute atomic E-state index is 11.8. The molecule has 0 aromatic heterocycles. The highest BCUT2D eigenvalue weighted by molar-refractivity contribution is 6.33. The Morgan fingerprint density at radius 2 is 1.89 bits per heavy atom. The SMILES string of the molecule is CCCCCCCCNC(=O)c1cc(O)ccc1Cl. The maximum atomic E-state index is 11.8. The molecule has 106 valence electrons. The first-order chi connectivity index (χ1) is 9.15. The second-order valence-electron chi connectivity index (χ2n) is 4.69. The molecule has 1 aromatic rings. The van der Waals surface area contributed by atoms with E-state index >= 15 is 0 Å². The zero-order valence-electron chi connectivity index (χ0n) is 11.4. The number of carbonyl (C=O) groups is 1. The van der Waals surface area contributed by atoms with Crippen molar-refractivity contribution in [2.75, 3.05) is 6.54 Å². The Kier molecular flexibility index (Phi) is 7.34. The molecule has 0 atom stereocenters. The zero-order chi connectivity index (χ0) is 14.1. The third-order valence-corrected chi connectivity index (χ3v) is 3.34. The molecular weight excluding hydrogens is 262 g/mol. The Morgan fingerprint density at radius 3 is 2.63 bits per heavy atom. The van der Waals surface area contributed by atoms with Gasteiger partial charge in [0, 0.05) is 6.54 Å². The van der Waals surface area contributed by atoms with Crippen LogP contribution in [0.4, 0.5) is 0 Å². The Bertz CT molecular complexity index is 407. The molecule has 1 aromatic carbocycles. The number of amides is 1. The Balaban J connectivity index is 2.26. The molecule has 0 saturated carbocycles. The van der Waals surface area contributed by atoms with Crippen LogP contribution in [0.25, 0.3) is 0 Å². The van der Waals surface area contributed by atoms with Gasteiger partial charge in [-0.05, 0) is 24.6 Å². The van der Waals surface area contributed by atoms with Crippen LogP contribution in [-0.2, 0) is 0 Å². The van der Waals surface area contributed by atoms with Crippen molar-refractivity contribution in [2.45, 2.75) is 45.4 Å². The summed E-state index contributed by atoms with van der Waals surface area (Å²) in [4.78, 5) is 11.8. The molecule has 0 saturated heterocycles. The summed E-state index contributed by atoms with van der Waals surface area (Å²) in [5, 5.41) is 12.5. The first kappa shape index (κ1) is 15.8. The van der Waals surface area contributed by atoms with Gasteiger partial charge in [0.05, 0.1) is 10.6 Å². The first-order valence-electron chi connectivity index (χ1n) is 6.92. The van der Waals surface area contributed by atoms with Crippen molar-refractivity contribution in [1.29, 1.82) is 0 Å². The number of benzene rings is 1. The smallest absolute Gasteiger partial charge is 0.252 e. The van der Waals surface area contributed by atoms with Crippen LogP contribution in [-0.4, -0.2) is 17.6 Å². The number of hydrogen-bond acceptors (Lipinski definition) is 2. The second-order valence-corrected chi connectivity index (χ2v) is 5.10. The number of halogens is 1. The van der Waals surface area contributed by atoms with Crippen molar-refractivity contribution in [1.82, 2.24) is 5.32 Å². The average Bonchev–Trinajstić information content (AvgIpc) is 2.40. The van der Waals surface area contributed by atoms with Crippen LogP contribution in [0, 0.1) is 0 Å². The van der Waals surface area contributed by atoms with Crippen LogP contribution in [0.15, 0.2) is 18.2 Å². The summed E-state index contributed by atoms with van der Waals surface area (Å²) in [6.07, 6.45) is 7.12. The molecule has 19 heavy (non-hydrogen) atoms. The minimum Gasteiger partial charge on any atom is -0.508 e. The summed E-state index contributed by atoms with van der Waals surface area (Å²) in [7, 11) is 0. The molecule has 0 spiro atoms. The highest BCUT2D eigenvalue weighted by atomic mass is 35.5. The van der Waals surface area contributed by atoms with Crippen LogP contribution >= 0.6 is 11.6 Å². The fourth-order valence-electron chi connectivity index (χ4n) is 1.89. The molecule has 0 fully saturated rings. The standard InChI is InChI=1S/C15H22ClNO2/c1-2-3-4-5-6-7-10-17-15(19)13-11-12(18)8-9-14(13)16/h8-9,11,18H,2-7,10H2,1H3,(H,17,19). The number of unbranched alkanes of at least 4 members (excludes halogenated alkanes) is 5. The van der Waals surface area contributed by atoms with Gasteiger partial charge in [-0.25, -0.2) is 0 Å². The van der Waals surface area contributed by atoms with Gasteiger partial charge in [0.15, 0.2) is 0 Å². The van der Waals surface area contributed by atoms with Gasteiger partial charge in [0.25, 0.3) is 5.91 Å². The average molecular weight is 284 g/mol. The van der Waals surface area contributed by atoms with Crippen LogP contribution in [0.3, 0.4) is 0 Å². The van der Waals surface area contributed by atoms with Gasteiger partial charge in [-0.1, -0.05) is 50.6 Å². The largest absolute Gasteiger partial charge is 0.508 e. The quantitative estimate of drug-likeness (QED) is 0.705. The summed E-state index contributed by atoms with van der Waals surface area (Å²) in [5.74, 6) is -0.177. The third kappa shape index (κ3) is 5.97. The number of aromatic hydroxyl groups is 1. The molecule has 3 nitrogen and oxygen atoms in total. The van der Waals surface area contributed by atoms with E-state index in [0.717, 1.165) is 12.8 Å².